The zero-order chi connectivity index (χ0) is 14.7. The second-order valence-corrected chi connectivity index (χ2v) is 6.31. The topological polar surface area (TPSA) is 24.9 Å². The highest BCUT2D eigenvalue weighted by atomic mass is 32.1. The van der Waals surface area contributed by atoms with E-state index < -0.39 is 0 Å². The van der Waals surface area contributed by atoms with Crippen LogP contribution in [0.4, 0.5) is 4.39 Å². The second-order valence-electron chi connectivity index (χ2n) is 5.23. The van der Waals surface area contributed by atoms with Crippen molar-refractivity contribution in [1.82, 2.24) is 10.3 Å². The number of halogens is 1. The minimum atomic E-state index is -0.169. The molecule has 4 heteroatoms. The van der Waals surface area contributed by atoms with Gasteiger partial charge in [0.15, 0.2) is 0 Å². The van der Waals surface area contributed by atoms with Crippen LogP contribution in [-0.2, 0) is 6.54 Å². The van der Waals surface area contributed by atoms with Gasteiger partial charge in [0, 0.05) is 17.0 Å². The Labute approximate surface area is 124 Å². The Morgan fingerprint density at radius 2 is 2.10 bits per heavy atom. The number of benzene rings is 1. The number of hydrogen-bond donors (Lipinski definition) is 1. The van der Waals surface area contributed by atoms with Gasteiger partial charge in [0.25, 0.3) is 0 Å². The maximum atomic E-state index is 13.7. The molecule has 0 atom stereocenters. The summed E-state index contributed by atoms with van der Waals surface area (Å²) < 4.78 is 13.7. The zero-order valence-electron chi connectivity index (χ0n) is 12.5. The molecular formula is C16H21FN2S. The molecule has 0 fully saturated rings. The number of aromatic nitrogens is 1. The van der Waals surface area contributed by atoms with Crippen LogP contribution < -0.4 is 5.32 Å². The third-order valence-corrected chi connectivity index (χ3v) is 4.35. The van der Waals surface area contributed by atoms with Gasteiger partial charge in [-0.05, 0) is 31.0 Å². The highest BCUT2D eigenvalue weighted by Gasteiger charge is 2.15. The van der Waals surface area contributed by atoms with Gasteiger partial charge in [-0.3, -0.25) is 0 Å². The van der Waals surface area contributed by atoms with E-state index in [0.717, 1.165) is 29.4 Å². The zero-order valence-corrected chi connectivity index (χ0v) is 13.3. The molecule has 0 saturated heterocycles. The van der Waals surface area contributed by atoms with Crippen molar-refractivity contribution >= 4 is 11.3 Å². The van der Waals surface area contributed by atoms with Crippen LogP contribution >= 0.6 is 11.3 Å². The quantitative estimate of drug-likeness (QED) is 0.878. The lowest BCUT2D eigenvalue weighted by Gasteiger charge is -2.04. The van der Waals surface area contributed by atoms with E-state index in [9.17, 15) is 4.39 Å². The van der Waals surface area contributed by atoms with E-state index in [2.05, 4.69) is 26.1 Å². The first-order chi connectivity index (χ1) is 9.52. The fourth-order valence-corrected chi connectivity index (χ4v) is 3.21. The summed E-state index contributed by atoms with van der Waals surface area (Å²) in [7, 11) is 0. The molecule has 0 aliphatic heterocycles. The highest BCUT2D eigenvalue weighted by molar-refractivity contribution is 7.15. The standard InChI is InChI=1S/C16H21FN2S/c1-5-18-9-14-15(10(2)3)19-16(20-14)12-7-6-11(4)13(17)8-12/h6-8,10,18H,5,9H2,1-4H3. The van der Waals surface area contributed by atoms with Crippen LogP contribution in [0.1, 0.15) is 42.8 Å². The largest absolute Gasteiger partial charge is 0.312 e. The smallest absolute Gasteiger partial charge is 0.126 e. The van der Waals surface area contributed by atoms with E-state index in [1.54, 1.807) is 24.3 Å². The number of aryl methyl sites for hydroxylation is 1. The molecule has 0 saturated carbocycles. The molecular weight excluding hydrogens is 271 g/mol. The van der Waals surface area contributed by atoms with Crippen molar-refractivity contribution < 1.29 is 4.39 Å². The number of nitrogens with one attached hydrogen (secondary N) is 1. The van der Waals surface area contributed by atoms with Crippen molar-refractivity contribution in [2.24, 2.45) is 0 Å². The molecule has 0 amide bonds. The first kappa shape index (κ1) is 15.1. The van der Waals surface area contributed by atoms with Gasteiger partial charge in [0.05, 0.1) is 5.69 Å². The lowest BCUT2D eigenvalue weighted by molar-refractivity contribution is 0.619. The summed E-state index contributed by atoms with van der Waals surface area (Å²) in [6.45, 7) is 9.91. The lowest BCUT2D eigenvalue weighted by Crippen LogP contribution is -2.12. The van der Waals surface area contributed by atoms with E-state index in [1.165, 1.54) is 4.88 Å². The van der Waals surface area contributed by atoms with Crippen LogP contribution in [0, 0.1) is 12.7 Å². The summed E-state index contributed by atoms with van der Waals surface area (Å²) in [6.07, 6.45) is 0. The van der Waals surface area contributed by atoms with E-state index in [0.29, 0.717) is 11.5 Å². The fourth-order valence-electron chi connectivity index (χ4n) is 2.03. The summed E-state index contributed by atoms with van der Waals surface area (Å²) in [5.74, 6) is 0.209. The van der Waals surface area contributed by atoms with Gasteiger partial charge in [0.2, 0.25) is 0 Å². The van der Waals surface area contributed by atoms with Crippen LogP contribution in [-0.4, -0.2) is 11.5 Å². The Balaban J connectivity index is 2.38. The van der Waals surface area contributed by atoms with Gasteiger partial charge >= 0.3 is 0 Å². The molecule has 0 spiro atoms. The summed E-state index contributed by atoms with van der Waals surface area (Å²) in [4.78, 5) is 5.96. The third kappa shape index (κ3) is 3.25. The average Bonchev–Trinajstić information content (AvgIpc) is 2.84. The molecule has 108 valence electrons. The number of nitrogens with zero attached hydrogens (tertiary/aromatic N) is 1. The molecule has 20 heavy (non-hydrogen) atoms. The van der Waals surface area contributed by atoms with E-state index >= 15 is 0 Å². The molecule has 0 unspecified atom stereocenters. The molecule has 2 rings (SSSR count). The second kappa shape index (κ2) is 6.46. The van der Waals surface area contributed by atoms with E-state index in [1.807, 2.05) is 12.1 Å². The Morgan fingerprint density at radius 1 is 1.35 bits per heavy atom. The van der Waals surface area contributed by atoms with Gasteiger partial charge in [-0.15, -0.1) is 11.3 Å². The summed E-state index contributed by atoms with van der Waals surface area (Å²) >= 11 is 1.66. The monoisotopic (exact) mass is 292 g/mol. The minimum absolute atomic E-state index is 0.169. The van der Waals surface area contributed by atoms with Crippen molar-refractivity contribution in [3.63, 3.8) is 0 Å². The molecule has 1 N–H and O–H groups in total. The average molecular weight is 292 g/mol. The fraction of sp³-hybridized carbons (Fsp3) is 0.438. The molecule has 2 nitrogen and oxygen atoms in total. The summed E-state index contributed by atoms with van der Waals surface area (Å²) in [6, 6.07) is 5.33. The molecule has 1 aromatic heterocycles. The van der Waals surface area contributed by atoms with E-state index in [4.69, 9.17) is 4.98 Å². The molecule has 2 aromatic rings. The van der Waals surface area contributed by atoms with Crippen molar-refractivity contribution in [2.45, 2.75) is 40.2 Å². The summed E-state index contributed by atoms with van der Waals surface area (Å²) in [5, 5.41) is 4.24. The Kier molecular flexibility index (Phi) is 4.89. The van der Waals surface area contributed by atoms with Gasteiger partial charge in [-0.1, -0.05) is 32.9 Å². The Morgan fingerprint density at radius 3 is 2.70 bits per heavy atom. The van der Waals surface area contributed by atoms with Crippen LogP contribution in [0.3, 0.4) is 0 Å². The van der Waals surface area contributed by atoms with Crippen LogP contribution in [0.2, 0.25) is 0 Å². The van der Waals surface area contributed by atoms with Crippen molar-refractivity contribution in [3.05, 3.63) is 40.2 Å². The molecule has 1 heterocycles. The van der Waals surface area contributed by atoms with Crippen LogP contribution in [0.25, 0.3) is 10.6 Å². The number of hydrogen-bond acceptors (Lipinski definition) is 3. The maximum absolute atomic E-state index is 13.7. The highest BCUT2D eigenvalue weighted by Crippen LogP contribution is 2.32. The normalized spacial score (nSPS) is 11.3. The van der Waals surface area contributed by atoms with E-state index in [-0.39, 0.29) is 5.82 Å². The number of rotatable bonds is 5. The Bertz CT molecular complexity index is 590. The first-order valence-electron chi connectivity index (χ1n) is 6.99. The van der Waals surface area contributed by atoms with Gasteiger partial charge in [0.1, 0.15) is 10.8 Å². The van der Waals surface area contributed by atoms with Crippen molar-refractivity contribution in [2.75, 3.05) is 6.54 Å². The lowest BCUT2D eigenvalue weighted by atomic mass is 10.1. The van der Waals surface area contributed by atoms with Crippen molar-refractivity contribution in [1.29, 1.82) is 0 Å². The first-order valence-corrected chi connectivity index (χ1v) is 7.81. The summed E-state index contributed by atoms with van der Waals surface area (Å²) in [5.41, 5.74) is 2.65. The SMILES string of the molecule is CCNCc1sc(-c2ccc(C)c(F)c2)nc1C(C)C. The predicted molar refractivity (Wildman–Crippen MR) is 83.7 cm³/mol. The number of thiazole rings is 1. The van der Waals surface area contributed by atoms with Crippen LogP contribution in [0.5, 0.6) is 0 Å². The predicted octanol–water partition coefficient (Wildman–Crippen LogP) is 4.49. The van der Waals surface area contributed by atoms with Crippen LogP contribution in [0.15, 0.2) is 18.2 Å². The molecule has 0 radical (unpaired) electrons. The van der Waals surface area contributed by atoms with Gasteiger partial charge in [-0.25, -0.2) is 9.37 Å². The Hall–Kier alpha value is -1.26. The molecule has 0 aliphatic rings. The molecule has 1 aromatic carbocycles. The van der Waals surface area contributed by atoms with Gasteiger partial charge < -0.3 is 5.32 Å². The third-order valence-electron chi connectivity index (χ3n) is 3.23. The molecule has 0 bridgehead atoms. The maximum Gasteiger partial charge on any atom is 0.126 e. The van der Waals surface area contributed by atoms with Crippen molar-refractivity contribution in [3.8, 4) is 10.6 Å². The molecule has 0 aliphatic carbocycles. The van der Waals surface area contributed by atoms with Gasteiger partial charge in [-0.2, -0.15) is 0 Å². The minimum Gasteiger partial charge on any atom is -0.312 e.